The van der Waals surface area contributed by atoms with E-state index in [4.69, 9.17) is 4.74 Å². The lowest BCUT2D eigenvalue weighted by Crippen LogP contribution is -2.58. The van der Waals surface area contributed by atoms with E-state index in [0.717, 1.165) is 39.4 Å². The molecule has 2 aliphatic heterocycles. The average Bonchev–Trinajstić information content (AvgIpc) is 2.17. The Hall–Kier alpha value is -0.450. The standard InChI is InChI=1S/C10H18N2O2/c1-9(13)6-11-2-3-12-4-5-14-8-10(12)7-11/h10H,2-8H2,1H3. The van der Waals surface area contributed by atoms with E-state index >= 15 is 0 Å². The smallest absolute Gasteiger partial charge is 0.143 e. The molecule has 0 aromatic heterocycles. The molecular formula is C10H18N2O2. The van der Waals surface area contributed by atoms with Gasteiger partial charge in [-0.05, 0) is 6.92 Å². The molecule has 14 heavy (non-hydrogen) atoms. The zero-order chi connectivity index (χ0) is 9.97. The van der Waals surface area contributed by atoms with E-state index in [1.54, 1.807) is 6.92 Å². The van der Waals surface area contributed by atoms with Crippen LogP contribution < -0.4 is 0 Å². The second-order valence-electron chi connectivity index (χ2n) is 4.20. The van der Waals surface area contributed by atoms with Gasteiger partial charge in [0.15, 0.2) is 0 Å². The lowest BCUT2D eigenvalue weighted by atomic mass is 10.1. The molecule has 0 aromatic carbocycles. The Morgan fingerprint density at radius 1 is 1.43 bits per heavy atom. The number of ketones is 1. The average molecular weight is 198 g/mol. The summed E-state index contributed by atoms with van der Waals surface area (Å²) < 4.78 is 5.44. The highest BCUT2D eigenvalue weighted by Gasteiger charge is 2.29. The molecule has 0 radical (unpaired) electrons. The number of nitrogens with zero attached hydrogens (tertiary/aromatic N) is 2. The van der Waals surface area contributed by atoms with Crippen molar-refractivity contribution in [3.8, 4) is 0 Å². The first kappa shape index (κ1) is 10.1. The first-order valence-corrected chi connectivity index (χ1v) is 5.29. The molecule has 0 bridgehead atoms. The fourth-order valence-corrected chi connectivity index (χ4v) is 2.27. The van der Waals surface area contributed by atoms with Gasteiger partial charge in [0.25, 0.3) is 0 Å². The summed E-state index contributed by atoms with van der Waals surface area (Å²) in [6.07, 6.45) is 0. The molecule has 0 aromatic rings. The summed E-state index contributed by atoms with van der Waals surface area (Å²) in [5.74, 6) is 0.259. The summed E-state index contributed by atoms with van der Waals surface area (Å²) in [6.45, 7) is 8.10. The van der Waals surface area contributed by atoms with E-state index in [9.17, 15) is 4.79 Å². The van der Waals surface area contributed by atoms with E-state index in [-0.39, 0.29) is 5.78 Å². The molecule has 0 amide bonds. The lowest BCUT2D eigenvalue weighted by Gasteiger charge is -2.43. The number of piperazine rings is 1. The van der Waals surface area contributed by atoms with Crippen LogP contribution in [0, 0.1) is 0 Å². The monoisotopic (exact) mass is 198 g/mol. The Labute approximate surface area is 84.8 Å². The SMILES string of the molecule is CC(=O)CN1CCN2CCOCC2C1. The Bertz CT molecular complexity index is 220. The normalized spacial score (nSPS) is 29.9. The molecule has 2 rings (SSSR count). The highest BCUT2D eigenvalue weighted by Crippen LogP contribution is 2.13. The van der Waals surface area contributed by atoms with Crippen LogP contribution in [0.15, 0.2) is 0 Å². The van der Waals surface area contributed by atoms with Gasteiger partial charge in [-0.2, -0.15) is 0 Å². The van der Waals surface area contributed by atoms with Crippen LogP contribution in [0.5, 0.6) is 0 Å². The zero-order valence-electron chi connectivity index (χ0n) is 8.74. The number of carbonyl (C=O) groups is 1. The second-order valence-corrected chi connectivity index (χ2v) is 4.20. The molecule has 0 saturated carbocycles. The highest BCUT2D eigenvalue weighted by atomic mass is 16.5. The van der Waals surface area contributed by atoms with E-state index in [0.29, 0.717) is 12.6 Å². The number of ether oxygens (including phenoxy) is 1. The third-order valence-electron chi connectivity index (χ3n) is 2.97. The van der Waals surface area contributed by atoms with Gasteiger partial charge in [-0.3, -0.25) is 14.6 Å². The van der Waals surface area contributed by atoms with Crippen LogP contribution in [0.25, 0.3) is 0 Å². The summed E-state index contributed by atoms with van der Waals surface area (Å²) in [5.41, 5.74) is 0. The molecule has 0 spiro atoms. The van der Waals surface area contributed by atoms with Gasteiger partial charge in [0, 0.05) is 32.2 Å². The largest absolute Gasteiger partial charge is 0.378 e. The maximum absolute atomic E-state index is 11.0. The Balaban J connectivity index is 1.86. The van der Waals surface area contributed by atoms with Crippen molar-refractivity contribution in [1.29, 1.82) is 0 Å². The van der Waals surface area contributed by atoms with Crippen molar-refractivity contribution in [2.24, 2.45) is 0 Å². The fraction of sp³-hybridized carbons (Fsp3) is 0.900. The van der Waals surface area contributed by atoms with Gasteiger partial charge in [0.05, 0.1) is 19.8 Å². The molecule has 4 nitrogen and oxygen atoms in total. The molecule has 0 aliphatic carbocycles. The number of hydrogen-bond donors (Lipinski definition) is 0. The Morgan fingerprint density at radius 3 is 3.07 bits per heavy atom. The van der Waals surface area contributed by atoms with E-state index < -0.39 is 0 Å². The number of morpholine rings is 1. The second kappa shape index (κ2) is 4.38. The third-order valence-corrected chi connectivity index (χ3v) is 2.97. The van der Waals surface area contributed by atoms with E-state index in [1.165, 1.54) is 0 Å². The third kappa shape index (κ3) is 2.32. The van der Waals surface area contributed by atoms with Gasteiger partial charge in [0.1, 0.15) is 5.78 Å². The van der Waals surface area contributed by atoms with Crippen molar-refractivity contribution in [2.75, 3.05) is 45.9 Å². The van der Waals surface area contributed by atoms with Gasteiger partial charge in [-0.1, -0.05) is 0 Å². The summed E-state index contributed by atoms with van der Waals surface area (Å²) in [6, 6.07) is 0.511. The summed E-state index contributed by atoms with van der Waals surface area (Å²) in [4.78, 5) is 15.7. The predicted octanol–water partition coefficient (Wildman–Crippen LogP) is -0.408. The molecule has 2 heterocycles. The summed E-state index contributed by atoms with van der Waals surface area (Å²) in [7, 11) is 0. The summed E-state index contributed by atoms with van der Waals surface area (Å²) >= 11 is 0. The van der Waals surface area contributed by atoms with Crippen LogP contribution in [-0.2, 0) is 9.53 Å². The minimum Gasteiger partial charge on any atom is -0.378 e. The highest BCUT2D eigenvalue weighted by molar-refractivity contribution is 5.77. The van der Waals surface area contributed by atoms with Crippen LogP contribution in [0.4, 0.5) is 0 Å². The molecular weight excluding hydrogens is 180 g/mol. The molecule has 80 valence electrons. The van der Waals surface area contributed by atoms with Gasteiger partial charge < -0.3 is 4.74 Å². The van der Waals surface area contributed by atoms with Crippen molar-refractivity contribution in [3.63, 3.8) is 0 Å². The van der Waals surface area contributed by atoms with E-state index in [1.807, 2.05) is 0 Å². The summed E-state index contributed by atoms with van der Waals surface area (Å²) in [5, 5.41) is 0. The molecule has 2 aliphatic rings. The predicted molar refractivity (Wildman–Crippen MR) is 53.3 cm³/mol. The van der Waals surface area contributed by atoms with Gasteiger partial charge in [0.2, 0.25) is 0 Å². The molecule has 2 fully saturated rings. The molecule has 0 N–H and O–H groups in total. The maximum Gasteiger partial charge on any atom is 0.143 e. The maximum atomic E-state index is 11.0. The Kier molecular flexibility index (Phi) is 3.15. The molecule has 1 unspecified atom stereocenters. The van der Waals surface area contributed by atoms with Gasteiger partial charge in [-0.15, -0.1) is 0 Å². The van der Waals surface area contributed by atoms with Gasteiger partial charge >= 0.3 is 0 Å². The number of hydrogen-bond acceptors (Lipinski definition) is 4. The first-order chi connectivity index (χ1) is 6.75. The number of rotatable bonds is 2. The first-order valence-electron chi connectivity index (χ1n) is 5.29. The van der Waals surface area contributed by atoms with Crippen molar-refractivity contribution in [3.05, 3.63) is 0 Å². The van der Waals surface area contributed by atoms with E-state index in [2.05, 4.69) is 9.80 Å². The van der Waals surface area contributed by atoms with Crippen molar-refractivity contribution < 1.29 is 9.53 Å². The molecule has 4 heteroatoms. The molecule has 1 atom stereocenters. The van der Waals surface area contributed by atoms with Crippen LogP contribution in [0.3, 0.4) is 0 Å². The minimum atomic E-state index is 0.259. The Morgan fingerprint density at radius 2 is 2.29 bits per heavy atom. The van der Waals surface area contributed by atoms with Crippen molar-refractivity contribution >= 4 is 5.78 Å². The lowest BCUT2D eigenvalue weighted by molar-refractivity contribution is -0.119. The minimum absolute atomic E-state index is 0.259. The quantitative estimate of drug-likeness (QED) is 0.604. The fourth-order valence-electron chi connectivity index (χ4n) is 2.27. The van der Waals surface area contributed by atoms with Crippen LogP contribution in [-0.4, -0.2) is 67.6 Å². The number of carbonyl (C=O) groups excluding carboxylic acids is 1. The van der Waals surface area contributed by atoms with Crippen LogP contribution in [0.2, 0.25) is 0 Å². The number of fused-ring (bicyclic) bond motifs is 1. The zero-order valence-corrected chi connectivity index (χ0v) is 8.74. The van der Waals surface area contributed by atoms with Crippen LogP contribution >= 0.6 is 0 Å². The van der Waals surface area contributed by atoms with Gasteiger partial charge in [-0.25, -0.2) is 0 Å². The topological polar surface area (TPSA) is 32.8 Å². The van der Waals surface area contributed by atoms with Crippen molar-refractivity contribution in [1.82, 2.24) is 9.80 Å². The number of Topliss-reactive ketones (excluding diaryl/α,β-unsaturated/α-hetero) is 1. The van der Waals surface area contributed by atoms with Crippen LogP contribution in [0.1, 0.15) is 6.92 Å². The van der Waals surface area contributed by atoms with Crippen molar-refractivity contribution in [2.45, 2.75) is 13.0 Å². The molecule has 2 saturated heterocycles.